The Balaban J connectivity index is 2.04. The zero-order valence-electron chi connectivity index (χ0n) is 9.97. The summed E-state index contributed by atoms with van der Waals surface area (Å²) in [6.07, 6.45) is 8.54. The van der Waals surface area contributed by atoms with Crippen LogP contribution in [-0.4, -0.2) is 16.1 Å². The summed E-state index contributed by atoms with van der Waals surface area (Å²) in [4.78, 5) is 0. The van der Waals surface area contributed by atoms with E-state index >= 15 is 0 Å². The van der Waals surface area contributed by atoms with Crippen LogP contribution in [0, 0.1) is 11.8 Å². The maximum absolute atomic E-state index is 6.40. The summed E-state index contributed by atoms with van der Waals surface area (Å²) < 4.78 is 7.57. The fourth-order valence-corrected chi connectivity index (χ4v) is 4.36. The molecule has 1 spiro atoms. The van der Waals surface area contributed by atoms with E-state index in [-0.39, 0.29) is 5.60 Å². The summed E-state index contributed by atoms with van der Waals surface area (Å²) in [7, 11) is 0. The number of alkyl halides is 1. The molecule has 3 atom stereocenters. The van der Waals surface area contributed by atoms with Crippen LogP contribution in [0.3, 0.4) is 0 Å². The van der Waals surface area contributed by atoms with Crippen molar-refractivity contribution in [3.05, 3.63) is 0 Å². The van der Waals surface area contributed by atoms with Gasteiger partial charge in [-0.2, -0.15) is 0 Å². The SMILES string of the molecule is CC1CC(C)CC2(CCCC(CI)O2)C1. The summed E-state index contributed by atoms with van der Waals surface area (Å²) in [5.74, 6) is 1.73. The minimum absolute atomic E-state index is 0.269. The number of hydrogen-bond acceptors (Lipinski definition) is 1. The van der Waals surface area contributed by atoms with E-state index in [1.807, 2.05) is 0 Å². The third kappa shape index (κ3) is 2.87. The molecule has 2 aliphatic rings. The molecule has 0 aromatic heterocycles. The van der Waals surface area contributed by atoms with Crippen molar-refractivity contribution in [2.24, 2.45) is 11.8 Å². The number of rotatable bonds is 1. The van der Waals surface area contributed by atoms with Gasteiger partial charge in [0.15, 0.2) is 0 Å². The van der Waals surface area contributed by atoms with E-state index in [1.165, 1.54) is 43.0 Å². The molecule has 1 nitrogen and oxygen atoms in total. The molecule has 0 radical (unpaired) electrons. The van der Waals surface area contributed by atoms with Gasteiger partial charge in [0, 0.05) is 4.43 Å². The van der Waals surface area contributed by atoms with Gasteiger partial charge in [-0.05, 0) is 50.4 Å². The number of ether oxygens (including phenoxy) is 1. The molecule has 2 heteroatoms. The molecule has 1 heterocycles. The van der Waals surface area contributed by atoms with Crippen LogP contribution in [0.5, 0.6) is 0 Å². The van der Waals surface area contributed by atoms with Crippen LogP contribution in [0.4, 0.5) is 0 Å². The van der Waals surface area contributed by atoms with Gasteiger partial charge in [0.2, 0.25) is 0 Å². The molecule has 0 aromatic rings. The second kappa shape index (κ2) is 4.91. The summed E-state index contributed by atoms with van der Waals surface area (Å²) in [5, 5.41) is 0. The van der Waals surface area contributed by atoms with E-state index in [9.17, 15) is 0 Å². The summed E-state index contributed by atoms with van der Waals surface area (Å²) in [5.41, 5.74) is 0.269. The van der Waals surface area contributed by atoms with Crippen LogP contribution in [0.15, 0.2) is 0 Å². The molecule has 0 amide bonds. The van der Waals surface area contributed by atoms with Crippen molar-refractivity contribution in [3.8, 4) is 0 Å². The van der Waals surface area contributed by atoms with E-state index in [4.69, 9.17) is 4.74 Å². The third-order valence-electron chi connectivity index (χ3n) is 3.99. The zero-order chi connectivity index (χ0) is 10.9. The van der Waals surface area contributed by atoms with Crippen molar-refractivity contribution in [2.45, 2.75) is 64.1 Å². The minimum Gasteiger partial charge on any atom is -0.371 e. The first kappa shape index (κ1) is 12.2. The highest BCUT2D eigenvalue weighted by Gasteiger charge is 2.42. The highest BCUT2D eigenvalue weighted by Crippen LogP contribution is 2.44. The van der Waals surface area contributed by atoms with E-state index < -0.39 is 0 Å². The Bertz CT molecular complexity index is 207. The lowest BCUT2D eigenvalue weighted by Crippen LogP contribution is -2.46. The lowest BCUT2D eigenvalue weighted by atomic mass is 9.70. The zero-order valence-corrected chi connectivity index (χ0v) is 12.1. The quantitative estimate of drug-likeness (QED) is 0.520. The molecule has 2 rings (SSSR count). The number of hydrogen-bond donors (Lipinski definition) is 0. The van der Waals surface area contributed by atoms with Crippen molar-refractivity contribution in [3.63, 3.8) is 0 Å². The molecule has 1 aliphatic carbocycles. The van der Waals surface area contributed by atoms with Gasteiger partial charge in [0.1, 0.15) is 0 Å². The fourth-order valence-electron chi connectivity index (χ4n) is 3.74. The van der Waals surface area contributed by atoms with Crippen LogP contribution in [-0.2, 0) is 4.74 Å². The first-order chi connectivity index (χ1) is 7.13. The Morgan fingerprint density at radius 1 is 1.27 bits per heavy atom. The molecule has 88 valence electrons. The lowest BCUT2D eigenvalue weighted by Gasteiger charge is -2.47. The summed E-state index contributed by atoms with van der Waals surface area (Å²) in [6, 6.07) is 0. The van der Waals surface area contributed by atoms with Crippen LogP contribution in [0.2, 0.25) is 0 Å². The smallest absolute Gasteiger partial charge is 0.0691 e. The van der Waals surface area contributed by atoms with Gasteiger partial charge in [-0.1, -0.05) is 36.4 Å². The molecule has 1 aliphatic heterocycles. The Morgan fingerprint density at radius 2 is 1.93 bits per heavy atom. The first-order valence-electron chi connectivity index (χ1n) is 6.37. The molecular formula is C13H23IO. The van der Waals surface area contributed by atoms with Crippen LogP contribution in [0.1, 0.15) is 52.4 Å². The molecule has 0 aromatic carbocycles. The van der Waals surface area contributed by atoms with Crippen molar-refractivity contribution in [2.75, 3.05) is 4.43 Å². The highest BCUT2D eigenvalue weighted by atomic mass is 127. The molecule has 3 unspecified atom stereocenters. The van der Waals surface area contributed by atoms with Gasteiger partial charge >= 0.3 is 0 Å². The first-order valence-corrected chi connectivity index (χ1v) is 7.90. The van der Waals surface area contributed by atoms with Gasteiger partial charge in [-0.3, -0.25) is 0 Å². The van der Waals surface area contributed by atoms with Gasteiger partial charge in [0.25, 0.3) is 0 Å². The van der Waals surface area contributed by atoms with Crippen molar-refractivity contribution in [1.29, 1.82) is 0 Å². The van der Waals surface area contributed by atoms with Crippen molar-refractivity contribution in [1.82, 2.24) is 0 Å². The largest absolute Gasteiger partial charge is 0.371 e. The van der Waals surface area contributed by atoms with E-state index in [2.05, 4.69) is 36.4 Å². The molecule has 2 fully saturated rings. The standard InChI is InChI=1S/C13H23IO/c1-10-6-11(2)8-13(7-10)5-3-4-12(9-14)15-13/h10-12H,3-9H2,1-2H3. The Morgan fingerprint density at radius 3 is 2.53 bits per heavy atom. The molecule has 15 heavy (non-hydrogen) atoms. The van der Waals surface area contributed by atoms with E-state index in [0.29, 0.717) is 6.10 Å². The summed E-state index contributed by atoms with van der Waals surface area (Å²) >= 11 is 2.47. The van der Waals surface area contributed by atoms with Crippen molar-refractivity contribution >= 4 is 22.6 Å². The van der Waals surface area contributed by atoms with Gasteiger partial charge in [-0.15, -0.1) is 0 Å². The highest BCUT2D eigenvalue weighted by molar-refractivity contribution is 14.1. The Kier molecular flexibility index (Phi) is 3.98. The number of halogens is 1. The third-order valence-corrected chi connectivity index (χ3v) is 4.98. The van der Waals surface area contributed by atoms with Gasteiger partial charge in [0.05, 0.1) is 11.7 Å². The molecule has 0 N–H and O–H groups in total. The van der Waals surface area contributed by atoms with E-state index in [0.717, 1.165) is 11.8 Å². The second-order valence-electron chi connectivity index (χ2n) is 5.82. The lowest BCUT2D eigenvalue weighted by molar-refractivity contribution is -0.152. The second-order valence-corrected chi connectivity index (χ2v) is 6.70. The Hall–Kier alpha value is 0.690. The predicted octanol–water partition coefficient (Wildman–Crippen LogP) is 4.19. The maximum Gasteiger partial charge on any atom is 0.0691 e. The minimum atomic E-state index is 0.269. The maximum atomic E-state index is 6.40. The predicted molar refractivity (Wildman–Crippen MR) is 72.5 cm³/mol. The van der Waals surface area contributed by atoms with E-state index in [1.54, 1.807) is 0 Å². The van der Waals surface area contributed by atoms with Gasteiger partial charge in [-0.25, -0.2) is 0 Å². The molecule has 1 saturated carbocycles. The molecular weight excluding hydrogens is 299 g/mol. The normalized spacial score (nSPS) is 47.0. The monoisotopic (exact) mass is 322 g/mol. The summed E-state index contributed by atoms with van der Waals surface area (Å²) in [6.45, 7) is 4.79. The molecule has 0 bridgehead atoms. The van der Waals surface area contributed by atoms with Crippen LogP contribution < -0.4 is 0 Å². The van der Waals surface area contributed by atoms with Crippen LogP contribution >= 0.6 is 22.6 Å². The average Bonchev–Trinajstić information content (AvgIpc) is 2.15. The fraction of sp³-hybridized carbons (Fsp3) is 1.00. The van der Waals surface area contributed by atoms with Crippen molar-refractivity contribution < 1.29 is 4.74 Å². The topological polar surface area (TPSA) is 9.23 Å². The van der Waals surface area contributed by atoms with Crippen LogP contribution in [0.25, 0.3) is 0 Å². The van der Waals surface area contributed by atoms with Gasteiger partial charge < -0.3 is 4.74 Å². The molecule has 1 saturated heterocycles. The Labute approximate surface area is 107 Å². The average molecular weight is 322 g/mol.